The molecular weight excluding hydrogens is 380 g/mol. The van der Waals surface area contributed by atoms with E-state index in [4.69, 9.17) is 14.2 Å². The highest BCUT2D eigenvalue weighted by molar-refractivity contribution is 5.81. The lowest BCUT2D eigenvalue weighted by molar-refractivity contribution is -0.120. The Labute approximate surface area is 177 Å². The van der Waals surface area contributed by atoms with Crippen LogP contribution in [0.4, 0.5) is 5.69 Å². The number of fused-ring (bicyclic) bond motifs is 1. The standard InChI is InChI=1S/C24H28N2O4/c27-24(25-17-21-9-5-13-28-21)18-26(12-4-8-19-6-2-1-3-7-19)20-10-11-22-23(16-20)30-15-14-29-22/h1-4,6-8,10-11,16,21H,5,9,12-15,17-18H2,(H,25,27)/b8-4+. The number of carbonyl (C=O) groups is 1. The van der Waals surface area contributed by atoms with Gasteiger partial charge < -0.3 is 24.4 Å². The molecular formula is C24H28N2O4. The van der Waals surface area contributed by atoms with E-state index in [1.54, 1.807) is 0 Å². The van der Waals surface area contributed by atoms with Crippen LogP contribution in [0.3, 0.4) is 0 Å². The highest BCUT2D eigenvalue weighted by Gasteiger charge is 2.19. The normalized spacial score (nSPS) is 17.8. The zero-order valence-corrected chi connectivity index (χ0v) is 17.1. The van der Waals surface area contributed by atoms with Crippen LogP contribution in [0.1, 0.15) is 18.4 Å². The van der Waals surface area contributed by atoms with Gasteiger partial charge in [0.25, 0.3) is 0 Å². The summed E-state index contributed by atoms with van der Waals surface area (Å²) in [5.74, 6) is 1.44. The molecule has 1 N–H and O–H groups in total. The molecule has 158 valence electrons. The third kappa shape index (κ3) is 5.54. The molecule has 1 saturated heterocycles. The third-order valence-corrected chi connectivity index (χ3v) is 5.21. The Morgan fingerprint density at radius 3 is 2.70 bits per heavy atom. The first-order valence-electron chi connectivity index (χ1n) is 10.5. The molecule has 2 aromatic carbocycles. The van der Waals surface area contributed by atoms with Crippen LogP contribution >= 0.6 is 0 Å². The summed E-state index contributed by atoms with van der Waals surface area (Å²) in [5, 5.41) is 3.01. The van der Waals surface area contributed by atoms with Crippen LogP contribution in [0.5, 0.6) is 11.5 Å². The molecule has 2 aliphatic rings. The van der Waals surface area contributed by atoms with Crippen molar-refractivity contribution in [1.82, 2.24) is 5.32 Å². The van der Waals surface area contributed by atoms with Crippen molar-refractivity contribution < 1.29 is 19.0 Å². The Kier molecular flexibility index (Phi) is 6.87. The maximum atomic E-state index is 12.6. The molecule has 1 unspecified atom stereocenters. The Bertz CT molecular complexity index is 863. The van der Waals surface area contributed by atoms with Crippen LogP contribution in [0.15, 0.2) is 54.6 Å². The fraction of sp³-hybridized carbons (Fsp3) is 0.375. The van der Waals surface area contributed by atoms with Crippen molar-refractivity contribution in [3.05, 3.63) is 60.2 Å². The van der Waals surface area contributed by atoms with E-state index in [9.17, 15) is 4.79 Å². The first-order valence-corrected chi connectivity index (χ1v) is 10.5. The number of carbonyl (C=O) groups excluding carboxylic acids is 1. The monoisotopic (exact) mass is 408 g/mol. The summed E-state index contributed by atoms with van der Waals surface area (Å²) in [5.41, 5.74) is 2.05. The first-order chi connectivity index (χ1) is 14.8. The fourth-order valence-corrected chi connectivity index (χ4v) is 3.63. The van der Waals surface area contributed by atoms with Crippen LogP contribution in [-0.4, -0.2) is 51.5 Å². The zero-order valence-electron chi connectivity index (χ0n) is 17.1. The molecule has 1 atom stereocenters. The van der Waals surface area contributed by atoms with Gasteiger partial charge in [0, 0.05) is 31.5 Å². The van der Waals surface area contributed by atoms with Crippen molar-refractivity contribution in [2.75, 3.05) is 44.4 Å². The number of nitrogens with one attached hydrogen (secondary N) is 1. The van der Waals surface area contributed by atoms with E-state index >= 15 is 0 Å². The van der Waals surface area contributed by atoms with Crippen molar-refractivity contribution in [2.45, 2.75) is 18.9 Å². The Balaban J connectivity index is 1.44. The van der Waals surface area contributed by atoms with E-state index in [0.29, 0.717) is 26.3 Å². The number of benzene rings is 2. The minimum atomic E-state index is -0.0199. The molecule has 2 heterocycles. The number of ether oxygens (including phenoxy) is 3. The molecule has 2 aromatic rings. The maximum absolute atomic E-state index is 12.6. The first kappa shape index (κ1) is 20.3. The molecule has 30 heavy (non-hydrogen) atoms. The Morgan fingerprint density at radius 2 is 1.90 bits per heavy atom. The molecule has 0 aromatic heterocycles. The van der Waals surface area contributed by atoms with Gasteiger partial charge in [0.1, 0.15) is 13.2 Å². The molecule has 4 rings (SSSR count). The van der Waals surface area contributed by atoms with Gasteiger partial charge in [-0.3, -0.25) is 4.79 Å². The summed E-state index contributed by atoms with van der Waals surface area (Å²) < 4.78 is 16.9. The molecule has 0 radical (unpaired) electrons. The van der Waals surface area contributed by atoms with Gasteiger partial charge in [-0.15, -0.1) is 0 Å². The van der Waals surface area contributed by atoms with Gasteiger partial charge in [-0.05, 0) is 30.5 Å². The number of rotatable bonds is 8. The lowest BCUT2D eigenvalue weighted by Crippen LogP contribution is -2.40. The lowest BCUT2D eigenvalue weighted by atomic mass is 10.2. The number of nitrogens with zero attached hydrogens (tertiary/aromatic N) is 1. The summed E-state index contributed by atoms with van der Waals surface area (Å²) >= 11 is 0. The van der Waals surface area contributed by atoms with Gasteiger partial charge in [0.05, 0.1) is 12.6 Å². The molecule has 0 spiro atoms. The van der Waals surface area contributed by atoms with Crippen molar-refractivity contribution in [2.24, 2.45) is 0 Å². The number of hydrogen-bond donors (Lipinski definition) is 1. The van der Waals surface area contributed by atoms with Gasteiger partial charge in [-0.25, -0.2) is 0 Å². The van der Waals surface area contributed by atoms with Gasteiger partial charge in [-0.2, -0.15) is 0 Å². The summed E-state index contributed by atoms with van der Waals surface area (Å²) in [6, 6.07) is 15.9. The van der Waals surface area contributed by atoms with E-state index in [-0.39, 0.29) is 18.6 Å². The summed E-state index contributed by atoms with van der Waals surface area (Å²) in [6.45, 7) is 3.29. The zero-order chi connectivity index (χ0) is 20.6. The highest BCUT2D eigenvalue weighted by Crippen LogP contribution is 2.34. The minimum absolute atomic E-state index is 0.0199. The predicted molar refractivity (Wildman–Crippen MR) is 117 cm³/mol. The topological polar surface area (TPSA) is 60.0 Å². The second kappa shape index (κ2) is 10.2. The van der Waals surface area contributed by atoms with Crippen LogP contribution in [0, 0.1) is 0 Å². The molecule has 2 aliphatic heterocycles. The van der Waals surface area contributed by atoms with Gasteiger partial charge in [0.15, 0.2) is 11.5 Å². The van der Waals surface area contributed by atoms with Crippen molar-refractivity contribution in [3.63, 3.8) is 0 Å². The number of hydrogen-bond acceptors (Lipinski definition) is 5. The average molecular weight is 408 g/mol. The summed E-state index contributed by atoms with van der Waals surface area (Å²) in [7, 11) is 0. The number of amides is 1. The van der Waals surface area contributed by atoms with E-state index in [1.165, 1.54) is 0 Å². The van der Waals surface area contributed by atoms with Crippen LogP contribution in [-0.2, 0) is 9.53 Å². The Hall–Kier alpha value is -2.99. The van der Waals surface area contributed by atoms with Crippen LogP contribution < -0.4 is 19.7 Å². The lowest BCUT2D eigenvalue weighted by Gasteiger charge is -2.26. The van der Waals surface area contributed by atoms with Crippen molar-refractivity contribution in [1.29, 1.82) is 0 Å². The molecule has 0 saturated carbocycles. The van der Waals surface area contributed by atoms with Crippen molar-refractivity contribution in [3.8, 4) is 11.5 Å². The average Bonchev–Trinajstić information content (AvgIpc) is 3.31. The maximum Gasteiger partial charge on any atom is 0.239 e. The fourth-order valence-electron chi connectivity index (χ4n) is 3.63. The Morgan fingerprint density at radius 1 is 1.07 bits per heavy atom. The molecule has 1 fully saturated rings. The highest BCUT2D eigenvalue weighted by atomic mass is 16.6. The summed E-state index contributed by atoms with van der Waals surface area (Å²) in [6.07, 6.45) is 6.34. The largest absolute Gasteiger partial charge is 0.486 e. The van der Waals surface area contributed by atoms with Gasteiger partial charge >= 0.3 is 0 Å². The predicted octanol–water partition coefficient (Wildman–Crippen LogP) is 3.27. The molecule has 6 heteroatoms. The van der Waals surface area contributed by atoms with Crippen LogP contribution in [0.2, 0.25) is 0 Å². The minimum Gasteiger partial charge on any atom is -0.486 e. The molecule has 0 bridgehead atoms. The van der Waals surface area contributed by atoms with Crippen LogP contribution in [0.25, 0.3) is 6.08 Å². The van der Waals surface area contributed by atoms with E-state index in [2.05, 4.69) is 29.6 Å². The summed E-state index contributed by atoms with van der Waals surface area (Å²) in [4.78, 5) is 14.6. The van der Waals surface area contributed by atoms with Gasteiger partial charge in [-0.1, -0.05) is 42.5 Å². The van der Waals surface area contributed by atoms with E-state index in [0.717, 1.165) is 42.2 Å². The van der Waals surface area contributed by atoms with E-state index < -0.39 is 0 Å². The molecule has 0 aliphatic carbocycles. The molecule has 1 amide bonds. The SMILES string of the molecule is O=C(CN(C/C=C/c1ccccc1)c1ccc2c(c1)OCCO2)NCC1CCCO1. The van der Waals surface area contributed by atoms with E-state index in [1.807, 2.05) is 41.3 Å². The molecule has 6 nitrogen and oxygen atoms in total. The quantitative estimate of drug-likeness (QED) is 0.727. The second-order valence-electron chi connectivity index (χ2n) is 7.46. The second-order valence-corrected chi connectivity index (χ2v) is 7.46. The third-order valence-electron chi connectivity index (χ3n) is 5.21. The number of anilines is 1. The van der Waals surface area contributed by atoms with Gasteiger partial charge in [0.2, 0.25) is 5.91 Å². The van der Waals surface area contributed by atoms with Crippen molar-refractivity contribution >= 4 is 17.7 Å². The smallest absolute Gasteiger partial charge is 0.239 e.